The molecule has 0 saturated heterocycles. The van der Waals surface area contributed by atoms with Crippen LogP contribution in [0.3, 0.4) is 0 Å². The number of para-hydroxylation sites is 1. The van der Waals surface area contributed by atoms with E-state index in [2.05, 4.69) is 25.9 Å². The molecule has 0 saturated carbocycles. The predicted octanol–water partition coefficient (Wildman–Crippen LogP) is 1.89. The smallest absolute Gasteiger partial charge is 0.261 e. The van der Waals surface area contributed by atoms with Gasteiger partial charge in [0.15, 0.2) is 11.9 Å². The van der Waals surface area contributed by atoms with E-state index in [9.17, 15) is 4.79 Å². The van der Waals surface area contributed by atoms with Gasteiger partial charge in [-0.1, -0.05) is 18.2 Å². The van der Waals surface area contributed by atoms with Gasteiger partial charge in [-0.3, -0.25) is 4.79 Å². The van der Waals surface area contributed by atoms with E-state index in [1.807, 2.05) is 55.6 Å². The fraction of sp³-hybridized carbons (Fsp3) is 0.300. The molecule has 1 aliphatic rings. The molecule has 2 aromatic heterocycles. The molecular weight excluding hydrogens is 356 g/mol. The number of hydrogen-bond acceptors (Lipinski definition) is 6. The first kappa shape index (κ1) is 18.0. The molecule has 1 atom stereocenters. The van der Waals surface area contributed by atoms with Gasteiger partial charge < -0.3 is 15.4 Å². The summed E-state index contributed by atoms with van der Waals surface area (Å²) in [6, 6.07) is 13.4. The first-order valence-corrected chi connectivity index (χ1v) is 9.31. The summed E-state index contributed by atoms with van der Waals surface area (Å²) < 4.78 is 7.48. The fourth-order valence-corrected chi connectivity index (χ4v) is 3.08. The van der Waals surface area contributed by atoms with Gasteiger partial charge in [-0.25, -0.2) is 4.68 Å². The lowest BCUT2D eigenvalue weighted by molar-refractivity contribution is -0.128. The van der Waals surface area contributed by atoms with Crippen molar-refractivity contribution in [2.75, 3.05) is 18.4 Å². The van der Waals surface area contributed by atoms with E-state index in [-0.39, 0.29) is 5.91 Å². The van der Waals surface area contributed by atoms with Crippen molar-refractivity contribution in [2.45, 2.75) is 25.9 Å². The predicted molar refractivity (Wildman–Crippen MR) is 105 cm³/mol. The minimum absolute atomic E-state index is 0.0909. The molecule has 8 heteroatoms. The normalized spacial score (nSPS) is 15.4. The van der Waals surface area contributed by atoms with Crippen LogP contribution in [0.4, 0.5) is 5.82 Å². The van der Waals surface area contributed by atoms with Crippen molar-refractivity contribution in [2.24, 2.45) is 0 Å². The van der Waals surface area contributed by atoms with Crippen LogP contribution in [0, 0.1) is 6.92 Å². The lowest BCUT2D eigenvalue weighted by Crippen LogP contribution is -2.42. The van der Waals surface area contributed by atoms with Crippen LogP contribution in [0.5, 0.6) is 5.75 Å². The van der Waals surface area contributed by atoms with Crippen molar-refractivity contribution < 1.29 is 9.53 Å². The minimum atomic E-state index is -0.438. The van der Waals surface area contributed by atoms with Gasteiger partial charge in [0.1, 0.15) is 11.6 Å². The number of aromatic nitrogens is 4. The maximum absolute atomic E-state index is 12.3. The van der Waals surface area contributed by atoms with Crippen LogP contribution in [0.15, 0.2) is 48.7 Å². The molecular formula is C20H22N6O2. The quantitative estimate of drug-likeness (QED) is 0.636. The lowest BCUT2D eigenvalue weighted by Gasteiger charge is -2.25. The second kappa shape index (κ2) is 8.08. The van der Waals surface area contributed by atoms with Crippen molar-refractivity contribution >= 4 is 11.7 Å². The Morgan fingerprint density at radius 2 is 2.07 bits per heavy atom. The number of hydrogen-bond donors (Lipinski definition) is 2. The van der Waals surface area contributed by atoms with Gasteiger partial charge in [-0.15, -0.1) is 10.2 Å². The Morgan fingerprint density at radius 3 is 2.86 bits per heavy atom. The van der Waals surface area contributed by atoms with E-state index in [1.54, 1.807) is 4.68 Å². The zero-order valence-electron chi connectivity index (χ0n) is 15.6. The summed E-state index contributed by atoms with van der Waals surface area (Å²) in [5.41, 5.74) is 2.07. The number of nitrogens with zero attached hydrogens (tertiary/aromatic N) is 4. The highest BCUT2D eigenvalue weighted by Gasteiger charge is 2.25. The van der Waals surface area contributed by atoms with Crippen LogP contribution in [-0.4, -0.2) is 45.1 Å². The van der Waals surface area contributed by atoms with E-state index in [0.29, 0.717) is 31.1 Å². The van der Waals surface area contributed by atoms with Crippen molar-refractivity contribution in [1.82, 2.24) is 25.3 Å². The van der Waals surface area contributed by atoms with E-state index >= 15 is 0 Å². The average molecular weight is 378 g/mol. The molecule has 4 rings (SSSR count). The minimum Gasteiger partial charge on any atom is -0.480 e. The largest absolute Gasteiger partial charge is 0.480 e. The maximum Gasteiger partial charge on any atom is 0.261 e. The van der Waals surface area contributed by atoms with Crippen molar-refractivity contribution in [1.29, 1.82) is 0 Å². The van der Waals surface area contributed by atoms with Gasteiger partial charge in [0, 0.05) is 19.3 Å². The summed E-state index contributed by atoms with van der Waals surface area (Å²) in [6.45, 7) is 2.94. The molecule has 0 radical (unpaired) electrons. The highest BCUT2D eigenvalue weighted by atomic mass is 16.5. The third-order valence-electron chi connectivity index (χ3n) is 4.55. The van der Waals surface area contributed by atoms with Gasteiger partial charge in [-0.2, -0.15) is 5.10 Å². The van der Waals surface area contributed by atoms with E-state index < -0.39 is 6.10 Å². The molecule has 1 unspecified atom stereocenters. The molecule has 0 bridgehead atoms. The van der Waals surface area contributed by atoms with E-state index in [0.717, 1.165) is 23.4 Å². The molecule has 28 heavy (non-hydrogen) atoms. The number of amides is 1. The van der Waals surface area contributed by atoms with Gasteiger partial charge >= 0.3 is 0 Å². The number of fused-ring (bicyclic) bond motifs is 1. The number of carbonyl (C=O) groups is 1. The van der Waals surface area contributed by atoms with Crippen molar-refractivity contribution in [3.63, 3.8) is 0 Å². The summed E-state index contributed by atoms with van der Waals surface area (Å²) in [4.78, 5) is 12.3. The molecule has 8 nitrogen and oxygen atoms in total. The highest BCUT2D eigenvalue weighted by molar-refractivity contribution is 5.81. The number of ether oxygens (including phenoxy) is 1. The van der Waals surface area contributed by atoms with Gasteiger partial charge in [-0.05, 0) is 49.6 Å². The average Bonchev–Trinajstić information content (AvgIpc) is 3.17. The maximum atomic E-state index is 12.3. The van der Waals surface area contributed by atoms with Gasteiger partial charge in [0.25, 0.3) is 5.91 Å². The summed E-state index contributed by atoms with van der Waals surface area (Å²) in [5.74, 6) is 2.01. The zero-order chi connectivity index (χ0) is 19.3. The topological polar surface area (TPSA) is 94.0 Å². The summed E-state index contributed by atoms with van der Waals surface area (Å²) in [6.07, 6.45) is 2.94. The summed E-state index contributed by atoms with van der Waals surface area (Å²) >= 11 is 0. The molecule has 3 heterocycles. The number of carbonyl (C=O) groups excluding carboxylic acids is 1. The number of rotatable bonds is 6. The first-order valence-electron chi connectivity index (χ1n) is 9.31. The number of anilines is 1. The van der Waals surface area contributed by atoms with Crippen molar-refractivity contribution in [3.05, 3.63) is 59.9 Å². The second-order valence-electron chi connectivity index (χ2n) is 6.65. The van der Waals surface area contributed by atoms with Crippen LogP contribution >= 0.6 is 0 Å². The Bertz CT molecular complexity index is 953. The third-order valence-corrected chi connectivity index (χ3v) is 4.55. The summed E-state index contributed by atoms with van der Waals surface area (Å²) in [7, 11) is 0. The number of benzene rings is 1. The number of nitrogens with one attached hydrogen (secondary N) is 2. The SMILES string of the molecule is Cc1ccn(-c2ccc(NCCNC(=O)C3CCc4ccccc4O3)nn2)n1. The van der Waals surface area contributed by atoms with Crippen LogP contribution in [-0.2, 0) is 11.2 Å². The lowest BCUT2D eigenvalue weighted by atomic mass is 10.0. The van der Waals surface area contributed by atoms with E-state index in [4.69, 9.17) is 4.74 Å². The highest BCUT2D eigenvalue weighted by Crippen LogP contribution is 2.26. The van der Waals surface area contributed by atoms with Crippen LogP contribution in [0.2, 0.25) is 0 Å². The fourth-order valence-electron chi connectivity index (χ4n) is 3.08. The monoisotopic (exact) mass is 378 g/mol. The third kappa shape index (κ3) is 4.11. The first-order chi connectivity index (χ1) is 13.7. The Morgan fingerprint density at radius 1 is 1.18 bits per heavy atom. The molecule has 0 aliphatic carbocycles. The Labute approximate surface area is 162 Å². The second-order valence-corrected chi connectivity index (χ2v) is 6.65. The molecule has 3 aromatic rings. The molecule has 1 amide bonds. The van der Waals surface area contributed by atoms with Crippen molar-refractivity contribution in [3.8, 4) is 11.6 Å². The standard InChI is InChI=1S/C20H22N6O2/c1-14-10-13-26(25-14)19-9-8-18(23-24-19)21-11-12-22-20(27)17-7-6-15-4-2-3-5-16(15)28-17/h2-5,8-10,13,17H,6-7,11-12H2,1H3,(H,21,23)(H,22,27). The van der Waals surface area contributed by atoms with Crippen LogP contribution in [0.1, 0.15) is 17.7 Å². The van der Waals surface area contributed by atoms with Crippen LogP contribution < -0.4 is 15.4 Å². The number of aryl methyl sites for hydroxylation is 2. The molecule has 1 aliphatic heterocycles. The van der Waals surface area contributed by atoms with Crippen LogP contribution in [0.25, 0.3) is 5.82 Å². The van der Waals surface area contributed by atoms with Gasteiger partial charge in [0.05, 0.1) is 5.69 Å². The molecule has 1 aromatic carbocycles. The molecule has 144 valence electrons. The Kier molecular flexibility index (Phi) is 5.18. The Balaban J connectivity index is 1.22. The molecule has 2 N–H and O–H groups in total. The molecule has 0 spiro atoms. The zero-order valence-corrected chi connectivity index (χ0v) is 15.6. The van der Waals surface area contributed by atoms with E-state index in [1.165, 1.54) is 0 Å². The summed E-state index contributed by atoms with van der Waals surface area (Å²) in [5, 5.41) is 18.6. The molecule has 0 fully saturated rings. The van der Waals surface area contributed by atoms with Gasteiger partial charge in [0.2, 0.25) is 0 Å². The Hall–Kier alpha value is -3.42.